The maximum atomic E-state index is 12.9. The van der Waals surface area contributed by atoms with Crippen LogP contribution in [0.25, 0.3) is 16.8 Å². The molecule has 6 heteroatoms. The third-order valence-electron chi connectivity index (χ3n) is 6.67. The highest BCUT2D eigenvalue weighted by atomic mass is 16.1. The van der Waals surface area contributed by atoms with Crippen LogP contribution in [0.15, 0.2) is 67.0 Å². The summed E-state index contributed by atoms with van der Waals surface area (Å²) in [7, 11) is 0. The number of fused-ring (bicyclic) bond motifs is 1. The van der Waals surface area contributed by atoms with Crippen molar-refractivity contribution in [3.8, 4) is 11.3 Å². The SMILES string of the molecule is Cc1ccc(-c2cc3c(N4CCC[C@@H](C(=O)NCCc5ccccc5)C4)nccn3n2)c(C)c1. The highest BCUT2D eigenvalue weighted by Gasteiger charge is 2.27. The van der Waals surface area contributed by atoms with E-state index in [1.54, 1.807) is 6.20 Å². The van der Waals surface area contributed by atoms with Crippen molar-refractivity contribution in [3.63, 3.8) is 0 Å². The Hall–Kier alpha value is -3.67. The number of piperidine rings is 1. The van der Waals surface area contributed by atoms with Crippen LogP contribution in [0.4, 0.5) is 5.82 Å². The van der Waals surface area contributed by atoms with Crippen LogP contribution < -0.4 is 10.2 Å². The van der Waals surface area contributed by atoms with E-state index in [2.05, 4.69) is 60.5 Å². The van der Waals surface area contributed by atoms with Crippen LogP contribution >= 0.6 is 0 Å². The molecule has 4 aromatic rings. The molecule has 1 amide bonds. The number of rotatable bonds is 6. The fraction of sp³-hybridized carbons (Fsp3) is 0.321. The third kappa shape index (κ3) is 4.67. The van der Waals surface area contributed by atoms with Gasteiger partial charge in [0.15, 0.2) is 5.82 Å². The maximum Gasteiger partial charge on any atom is 0.224 e. The van der Waals surface area contributed by atoms with E-state index >= 15 is 0 Å². The minimum absolute atomic E-state index is 0.0340. The zero-order chi connectivity index (χ0) is 23.5. The van der Waals surface area contributed by atoms with Gasteiger partial charge in [-0.2, -0.15) is 5.10 Å². The number of carbonyl (C=O) groups is 1. The first-order chi connectivity index (χ1) is 16.6. The number of aryl methyl sites for hydroxylation is 2. The molecule has 3 heterocycles. The van der Waals surface area contributed by atoms with Crippen LogP contribution in [0.2, 0.25) is 0 Å². The second-order valence-electron chi connectivity index (χ2n) is 9.24. The number of nitrogens with zero attached hydrogens (tertiary/aromatic N) is 4. The van der Waals surface area contributed by atoms with Crippen molar-refractivity contribution >= 4 is 17.2 Å². The van der Waals surface area contributed by atoms with Gasteiger partial charge in [0.2, 0.25) is 5.91 Å². The molecule has 2 aromatic heterocycles. The molecule has 2 aromatic carbocycles. The first-order valence-electron chi connectivity index (χ1n) is 12.1. The van der Waals surface area contributed by atoms with Crippen molar-refractivity contribution < 1.29 is 4.79 Å². The number of hydrogen-bond donors (Lipinski definition) is 1. The molecule has 6 nitrogen and oxygen atoms in total. The summed E-state index contributed by atoms with van der Waals surface area (Å²) in [5.74, 6) is 0.998. The van der Waals surface area contributed by atoms with Gasteiger partial charge >= 0.3 is 0 Å². The number of hydrogen-bond acceptors (Lipinski definition) is 4. The van der Waals surface area contributed by atoms with Crippen molar-refractivity contribution in [2.75, 3.05) is 24.5 Å². The highest BCUT2D eigenvalue weighted by molar-refractivity contribution is 5.81. The molecule has 0 spiro atoms. The molecule has 1 saturated heterocycles. The van der Waals surface area contributed by atoms with Gasteiger partial charge in [0.25, 0.3) is 0 Å². The minimum Gasteiger partial charge on any atom is -0.355 e. The van der Waals surface area contributed by atoms with Gasteiger partial charge < -0.3 is 10.2 Å². The lowest BCUT2D eigenvalue weighted by atomic mass is 9.97. The van der Waals surface area contributed by atoms with Crippen molar-refractivity contribution in [2.24, 2.45) is 5.92 Å². The van der Waals surface area contributed by atoms with Crippen LogP contribution in [0.5, 0.6) is 0 Å². The summed E-state index contributed by atoms with van der Waals surface area (Å²) in [5.41, 5.74) is 6.75. The van der Waals surface area contributed by atoms with Gasteiger partial charge in [-0.15, -0.1) is 0 Å². The van der Waals surface area contributed by atoms with E-state index in [9.17, 15) is 4.79 Å². The lowest BCUT2D eigenvalue weighted by molar-refractivity contribution is -0.125. The molecular weight excluding hydrogens is 422 g/mol. The predicted molar refractivity (Wildman–Crippen MR) is 136 cm³/mol. The fourth-order valence-corrected chi connectivity index (χ4v) is 4.89. The zero-order valence-electron chi connectivity index (χ0n) is 19.9. The van der Waals surface area contributed by atoms with Crippen molar-refractivity contribution in [1.82, 2.24) is 19.9 Å². The second-order valence-corrected chi connectivity index (χ2v) is 9.24. The molecule has 1 aliphatic rings. The lowest BCUT2D eigenvalue weighted by Gasteiger charge is -2.33. The summed E-state index contributed by atoms with van der Waals surface area (Å²) in [6.45, 7) is 6.46. The zero-order valence-corrected chi connectivity index (χ0v) is 19.9. The molecule has 0 saturated carbocycles. The van der Waals surface area contributed by atoms with Crippen LogP contribution in [-0.4, -0.2) is 40.1 Å². The molecule has 1 atom stereocenters. The fourth-order valence-electron chi connectivity index (χ4n) is 4.89. The maximum absolute atomic E-state index is 12.9. The van der Waals surface area contributed by atoms with Gasteiger partial charge in [0.1, 0.15) is 5.52 Å². The summed E-state index contributed by atoms with van der Waals surface area (Å²) < 4.78 is 1.90. The van der Waals surface area contributed by atoms with Gasteiger partial charge in [0.05, 0.1) is 11.6 Å². The van der Waals surface area contributed by atoms with Crippen molar-refractivity contribution in [3.05, 3.63) is 83.7 Å². The van der Waals surface area contributed by atoms with Gasteiger partial charge in [-0.05, 0) is 50.3 Å². The van der Waals surface area contributed by atoms with E-state index in [0.29, 0.717) is 13.1 Å². The van der Waals surface area contributed by atoms with E-state index in [0.717, 1.165) is 48.4 Å². The quantitative estimate of drug-likeness (QED) is 0.464. The van der Waals surface area contributed by atoms with Crippen LogP contribution in [0, 0.1) is 19.8 Å². The van der Waals surface area contributed by atoms with E-state index in [-0.39, 0.29) is 11.8 Å². The Bertz CT molecular complexity index is 1300. The number of anilines is 1. The van der Waals surface area contributed by atoms with Crippen LogP contribution in [-0.2, 0) is 11.2 Å². The first-order valence-corrected chi connectivity index (χ1v) is 12.1. The van der Waals surface area contributed by atoms with Gasteiger partial charge in [-0.25, -0.2) is 9.50 Å². The van der Waals surface area contributed by atoms with Crippen molar-refractivity contribution in [2.45, 2.75) is 33.1 Å². The molecule has 1 N–H and O–H groups in total. The van der Waals surface area contributed by atoms with Crippen LogP contribution in [0.1, 0.15) is 29.5 Å². The summed E-state index contributed by atoms with van der Waals surface area (Å²) in [5, 5.41) is 7.97. The lowest BCUT2D eigenvalue weighted by Crippen LogP contribution is -2.44. The van der Waals surface area contributed by atoms with Gasteiger partial charge in [-0.3, -0.25) is 4.79 Å². The Morgan fingerprint density at radius 1 is 1.12 bits per heavy atom. The molecule has 1 fully saturated rings. The van der Waals surface area contributed by atoms with Crippen molar-refractivity contribution in [1.29, 1.82) is 0 Å². The Labute approximate surface area is 200 Å². The molecule has 0 radical (unpaired) electrons. The Morgan fingerprint density at radius 3 is 2.79 bits per heavy atom. The number of aromatic nitrogens is 3. The van der Waals surface area contributed by atoms with E-state index in [1.807, 2.05) is 28.9 Å². The van der Waals surface area contributed by atoms with E-state index < -0.39 is 0 Å². The summed E-state index contributed by atoms with van der Waals surface area (Å²) in [4.78, 5) is 19.9. The predicted octanol–water partition coefficient (Wildman–Crippen LogP) is 4.59. The topological polar surface area (TPSA) is 62.5 Å². The average Bonchev–Trinajstić information content (AvgIpc) is 3.29. The molecule has 34 heavy (non-hydrogen) atoms. The molecular formula is C28H31N5O. The summed E-state index contributed by atoms with van der Waals surface area (Å²) in [6, 6.07) is 18.8. The number of nitrogens with one attached hydrogen (secondary N) is 1. The summed E-state index contributed by atoms with van der Waals surface area (Å²) in [6.07, 6.45) is 6.41. The Kier molecular flexibility index (Phi) is 6.30. The third-order valence-corrected chi connectivity index (χ3v) is 6.67. The Balaban J connectivity index is 1.31. The molecule has 1 aliphatic heterocycles. The molecule has 0 bridgehead atoms. The smallest absolute Gasteiger partial charge is 0.224 e. The summed E-state index contributed by atoms with van der Waals surface area (Å²) >= 11 is 0. The molecule has 0 aliphatic carbocycles. The molecule has 5 rings (SSSR count). The first kappa shape index (κ1) is 22.1. The Morgan fingerprint density at radius 2 is 1.97 bits per heavy atom. The highest BCUT2D eigenvalue weighted by Crippen LogP contribution is 2.30. The second kappa shape index (κ2) is 9.67. The largest absolute Gasteiger partial charge is 0.355 e. The number of amides is 1. The van der Waals surface area contributed by atoms with E-state index in [4.69, 9.17) is 10.1 Å². The molecule has 0 unspecified atom stereocenters. The number of carbonyl (C=O) groups excluding carboxylic acids is 1. The van der Waals surface area contributed by atoms with Gasteiger partial charge in [-0.1, -0.05) is 54.1 Å². The van der Waals surface area contributed by atoms with Crippen LogP contribution in [0.3, 0.4) is 0 Å². The molecule has 174 valence electrons. The van der Waals surface area contributed by atoms with Gasteiger partial charge in [0, 0.05) is 37.6 Å². The monoisotopic (exact) mass is 453 g/mol. The average molecular weight is 454 g/mol. The number of benzene rings is 2. The van der Waals surface area contributed by atoms with E-state index in [1.165, 1.54) is 16.7 Å². The normalized spacial score (nSPS) is 16.1. The minimum atomic E-state index is -0.0340. The standard InChI is InChI=1S/C28H31N5O/c1-20-10-11-24(21(2)17-20)25-18-26-27(29-14-16-33(26)31-25)32-15-6-9-23(19-32)28(34)30-13-12-22-7-4-3-5-8-22/h3-5,7-8,10-11,14,16-18,23H,6,9,12-13,15,19H2,1-2H3,(H,30,34)/t23-/m1/s1.